The second-order valence-electron chi connectivity index (χ2n) is 9.48. The summed E-state index contributed by atoms with van der Waals surface area (Å²) in [7, 11) is 0. The Kier molecular flexibility index (Phi) is 4.39. The second kappa shape index (κ2) is 6.66. The number of nitrogens with zero attached hydrogens (tertiary/aromatic N) is 1. The molecule has 4 aliphatic rings. The molecule has 6 atom stereocenters. The largest absolute Gasteiger partial charge is 0.484 e. The Balaban J connectivity index is 1.68. The molecule has 2 bridgehead atoms. The Morgan fingerprint density at radius 2 is 2.10 bits per heavy atom. The minimum absolute atomic E-state index is 0.0226. The number of esters is 1. The zero-order valence-corrected chi connectivity index (χ0v) is 17.9. The summed E-state index contributed by atoms with van der Waals surface area (Å²) in [6.45, 7) is 9.89. The maximum absolute atomic E-state index is 12.4. The summed E-state index contributed by atoms with van der Waals surface area (Å²) in [5.41, 5.74) is 9.25. The quantitative estimate of drug-likeness (QED) is 0.441. The highest BCUT2D eigenvalue weighted by Crippen LogP contribution is 2.61. The lowest BCUT2D eigenvalue weighted by Crippen LogP contribution is -2.53. The van der Waals surface area contributed by atoms with E-state index in [1.165, 1.54) is 25.3 Å². The number of likely N-dealkylation sites (tertiary alicyclic amines) is 1. The van der Waals surface area contributed by atoms with Crippen LogP contribution < -0.4 is 10.5 Å². The number of rotatable bonds is 6. The van der Waals surface area contributed by atoms with Crippen molar-refractivity contribution in [2.24, 2.45) is 17.6 Å². The molecule has 1 saturated carbocycles. The normalized spacial score (nSPS) is 33.4. The van der Waals surface area contributed by atoms with Gasteiger partial charge in [-0.1, -0.05) is 19.6 Å². The summed E-state index contributed by atoms with van der Waals surface area (Å²) < 4.78 is 12.2. The molecule has 1 saturated heterocycles. The fraction of sp³-hybridized carbons (Fsp3) is 0.583. The highest BCUT2D eigenvalue weighted by Gasteiger charge is 2.66. The number of ether oxygens (including phenoxy) is 2. The Bertz CT molecular complexity index is 939. The Labute approximate surface area is 177 Å². The molecule has 2 N–H and O–H groups in total. The predicted molar refractivity (Wildman–Crippen MR) is 112 cm³/mol. The minimum atomic E-state index is -0.596. The molecular formula is C24H30N2O4. The molecule has 30 heavy (non-hydrogen) atoms. The van der Waals surface area contributed by atoms with Gasteiger partial charge in [0.15, 0.2) is 18.0 Å². The minimum Gasteiger partial charge on any atom is -0.484 e. The SMILES string of the molecule is C=CC(OC(C)=O)C1Oc2c(C(C)=O)ccc3c2C12CN([C@H](N)C1CC1)C(C3)C2C. The summed E-state index contributed by atoms with van der Waals surface area (Å²) >= 11 is 0. The van der Waals surface area contributed by atoms with Gasteiger partial charge in [0.25, 0.3) is 0 Å². The molecule has 1 aromatic rings. The van der Waals surface area contributed by atoms with E-state index in [1.807, 2.05) is 6.07 Å². The van der Waals surface area contributed by atoms with Crippen molar-refractivity contribution in [1.29, 1.82) is 0 Å². The van der Waals surface area contributed by atoms with Crippen LogP contribution in [0.2, 0.25) is 0 Å². The standard InChI is InChI=1S/C24H30N2O4/c1-5-19(29-14(4)28)22-24-11-26(23(25)15-6-7-15)18(12(24)2)10-16-8-9-17(13(3)27)21(30-22)20(16)24/h5,8-9,12,15,18-19,22-23H,1,6-7,10-11,25H2,2-4H3/t12?,18?,19?,22?,23-,24?/m0/s1. The van der Waals surface area contributed by atoms with Crippen LogP contribution in [-0.2, 0) is 21.4 Å². The van der Waals surface area contributed by atoms with Crippen LogP contribution in [0.15, 0.2) is 24.8 Å². The van der Waals surface area contributed by atoms with E-state index < -0.39 is 12.2 Å². The molecule has 2 heterocycles. The summed E-state index contributed by atoms with van der Waals surface area (Å²) in [5.74, 6) is 1.07. The molecule has 5 unspecified atom stereocenters. The van der Waals surface area contributed by atoms with Gasteiger partial charge in [-0.25, -0.2) is 0 Å². The Morgan fingerprint density at radius 3 is 2.70 bits per heavy atom. The summed E-state index contributed by atoms with van der Waals surface area (Å²) in [6.07, 6.45) is 3.91. The van der Waals surface area contributed by atoms with Crippen LogP contribution in [-0.4, -0.2) is 47.6 Å². The van der Waals surface area contributed by atoms with Crippen LogP contribution in [0.1, 0.15) is 55.1 Å². The van der Waals surface area contributed by atoms with E-state index in [4.69, 9.17) is 15.2 Å². The van der Waals surface area contributed by atoms with Crippen LogP contribution in [0, 0.1) is 11.8 Å². The zero-order valence-electron chi connectivity index (χ0n) is 17.9. The Morgan fingerprint density at radius 1 is 1.37 bits per heavy atom. The number of hydrogen-bond acceptors (Lipinski definition) is 6. The van der Waals surface area contributed by atoms with Gasteiger partial charge in [-0.2, -0.15) is 0 Å². The fourth-order valence-corrected chi connectivity index (χ4v) is 6.27. The molecule has 0 aromatic heterocycles. The molecular weight excluding hydrogens is 380 g/mol. The molecule has 2 aliphatic carbocycles. The molecule has 160 valence electrons. The molecule has 2 aliphatic heterocycles. The monoisotopic (exact) mass is 410 g/mol. The maximum Gasteiger partial charge on any atom is 0.303 e. The number of ketones is 1. The number of Topliss-reactive ketones (excluding diaryl/α,β-unsaturated/α-hetero) is 1. The lowest BCUT2D eigenvalue weighted by atomic mass is 9.62. The molecule has 6 nitrogen and oxygen atoms in total. The van der Waals surface area contributed by atoms with Gasteiger partial charge < -0.3 is 15.2 Å². The second-order valence-corrected chi connectivity index (χ2v) is 9.48. The molecule has 1 aromatic carbocycles. The summed E-state index contributed by atoms with van der Waals surface area (Å²) in [5, 5.41) is 0. The average Bonchev–Trinajstić information content (AvgIpc) is 3.46. The van der Waals surface area contributed by atoms with Crippen molar-refractivity contribution in [2.45, 2.75) is 69.9 Å². The Hall–Kier alpha value is -2.18. The van der Waals surface area contributed by atoms with Crippen molar-refractivity contribution in [3.05, 3.63) is 41.5 Å². The average molecular weight is 411 g/mol. The van der Waals surface area contributed by atoms with E-state index >= 15 is 0 Å². The number of carbonyl (C=O) groups is 2. The van der Waals surface area contributed by atoms with Crippen molar-refractivity contribution in [3.63, 3.8) is 0 Å². The number of carbonyl (C=O) groups excluding carboxylic acids is 2. The van der Waals surface area contributed by atoms with E-state index in [0.29, 0.717) is 23.3 Å². The van der Waals surface area contributed by atoms with Gasteiger partial charge in [0.2, 0.25) is 0 Å². The first-order chi connectivity index (χ1) is 14.3. The van der Waals surface area contributed by atoms with E-state index in [-0.39, 0.29) is 29.3 Å². The number of benzene rings is 1. The van der Waals surface area contributed by atoms with Crippen LogP contribution in [0.5, 0.6) is 5.75 Å². The van der Waals surface area contributed by atoms with Gasteiger partial charge in [-0.05, 0) is 55.7 Å². The van der Waals surface area contributed by atoms with E-state index in [1.54, 1.807) is 13.0 Å². The maximum atomic E-state index is 12.4. The predicted octanol–water partition coefficient (Wildman–Crippen LogP) is 2.58. The van der Waals surface area contributed by atoms with Gasteiger partial charge in [0.05, 0.1) is 17.1 Å². The van der Waals surface area contributed by atoms with Crippen molar-refractivity contribution in [2.75, 3.05) is 6.54 Å². The molecule has 0 amide bonds. The third-order valence-corrected chi connectivity index (χ3v) is 7.85. The number of nitrogens with two attached hydrogens (primary N) is 1. The van der Waals surface area contributed by atoms with Crippen LogP contribution in [0.25, 0.3) is 0 Å². The number of hydrogen-bond donors (Lipinski definition) is 1. The molecule has 5 rings (SSSR count). The van der Waals surface area contributed by atoms with Crippen molar-refractivity contribution in [3.8, 4) is 5.75 Å². The van der Waals surface area contributed by atoms with Gasteiger partial charge in [0.1, 0.15) is 5.75 Å². The van der Waals surface area contributed by atoms with E-state index in [0.717, 1.165) is 18.5 Å². The van der Waals surface area contributed by atoms with Crippen molar-refractivity contribution < 1.29 is 19.1 Å². The van der Waals surface area contributed by atoms with Crippen LogP contribution in [0.4, 0.5) is 0 Å². The van der Waals surface area contributed by atoms with Crippen LogP contribution >= 0.6 is 0 Å². The highest BCUT2D eigenvalue weighted by atomic mass is 16.6. The van der Waals surface area contributed by atoms with E-state index in [2.05, 4.69) is 24.5 Å². The first kappa shape index (κ1) is 19.8. The molecule has 2 fully saturated rings. The summed E-state index contributed by atoms with van der Waals surface area (Å²) in [4.78, 5) is 26.7. The number of fused-ring (bicyclic) bond motifs is 1. The molecule has 6 heteroatoms. The van der Waals surface area contributed by atoms with Crippen molar-refractivity contribution in [1.82, 2.24) is 4.90 Å². The first-order valence-electron chi connectivity index (χ1n) is 10.9. The van der Waals surface area contributed by atoms with Crippen LogP contribution in [0.3, 0.4) is 0 Å². The zero-order chi connectivity index (χ0) is 21.4. The summed E-state index contributed by atoms with van der Waals surface area (Å²) in [6, 6.07) is 4.26. The first-order valence-corrected chi connectivity index (χ1v) is 10.9. The fourth-order valence-electron chi connectivity index (χ4n) is 6.27. The third kappa shape index (κ3) is 2.56. The van der Waals surface area contributed by atoms with Crippen molar-refractivity contribution >= 4 is 11.8 Å². The van der Waals surface area contributed by atoms with Gasteiger partial charge in [-0.15, -0.1) is 0 Å². The highest BCUT2D eigenvalue weighted by molar-refractivity contribution is 5.98. The van der Waals surface area contributed by atoms with Gasteiger partial charge in [0, 0.05) is 25.1 Å². The third-order valence-electron chi connectivity index (χ3n) is 7.85. The molecule has 1 spiro atoms. The van der Waals surface area contributed by atoms with Gasteiger partial charge in [-0.3, -0.25) is 14.5 Å². The smallest absolute Gasteiger partial charge is 0.303 e. The lowest BCUT2D eigenvalue weighted by molar-refractivity contribution is -0.149. The topological polar surface area (TPSA) is 81.9 Å². The molecule has 0 radical (unpaired) electrons. The van der Waals surface area contributed by atoms with Gasteiger partial charge >= 0.3 is 5.97 Å². The van der Waals surface area contributed by atoms with E-state index in [9.17, 15) is 9.59 Å². The lowest BCUT2D eigenvalue weighted by Gasteiger charge is -2.40.